The van der Waals surface area contributed by atoms with Gasteiger partial charge in [-0.2, -0.15) is 5.26 Å². The summed E-state index contributed by atoms with van der Waals surface area (Å²) in [6.07, 6.45) is 1.35. The van der Waals surface area contributed by atoms with E-state index in [2.05, 4.69) is 10.6 Å². The van der Waals surface area contributed by atoms with E-state index in [0.29, 0.717) is 17.2 Å². The van der Waals surface area contributed by atoms with E-state index in [-0.39, 0.29) is 5.57 Å². The quantitative estimate of drug-likeness (QED) is 0.645. The number of ether oxygens (including phenoxy) is 2. The van der Waals surface area contributed by atoms with E-state index in [1.54, 1.807) is 25.3 Å². The van der Waals surface area contributed by atoms with E-state index in [9.17, 15) is 4.79 Å². The normalized spacial score (nSPS) is 11.4. The fourth-order valence-electron chi connectivity index (χ4n) is 1.63. The van der Waals surface area contributed by atoms with Crippen LogP contribution in [0.3, 0.4) is 0 Å². The van der Waals surface area contributed by atoms with E-state index in [1.807, 2.05) is 26.8 Å². The van der Waals surface area contributed by atoms with Crippen molar-refractivity contribution in [1.82, 2.24) is 5.32 Å². The molecule has 0 heterocycles. The van der Waals surface area contributed by atoms with Gasteiger partial charge >= 0.3 is 0 Å². The number of nitrogens with zero attached hydrogens (tertiary/aromatic N) is 1. The molecule has 2 N–H and O–H groups in total. The Morgan fingerprint density at radius 2 is 1.95 bits per heavy atom. The highest BCUT2D eigenvalue weighted by Crippen LogP contribution is 2.29. The van der Waals surface area contributed by atoms with E-state index in [0.717, 1.165) is 0 Å². The summed E-state index contributed by atoms with van der Waals surface area (Å²) in [5.41, 5.74) is 0.152. The number of benzene rings is 1. The lowest BCUT2D eigenvalue weighted by Crippen LogP contribution is -2.41. The lowest BCUT2D eigenvalue weighted by molar-refractivity contribution is -0.118. The molecule has 1 rings (SSSR count). The molecule has 0 spiro atoms. The van der Waals surface area contributed by atoms with Crippen LogP contribution in [0, 0.1) is 11.3 Å². The largest absolute Gasteiger partial charge is 0.497 e. The van der Waals surface area contributed by atoms with Crippen LogP contribution in [-0.4, -0.2) is 25.7 Å². The van der Waals surface area contributed by atoms with Crippen LogP contribution in [0.2, 0.25) is 0 Å². The van der Waals surface area contributed by atoms with Crippen molar-refractivity contribution in [2.75, 3.05) is 19.5 Å². The number of hydrogen-bond donors (Lipinski definition) is 2. The molecule has 1 aromatic carbocycles. The van der Waals surface area contributed by atoms with Crippen LogP contribution in [0.15, 0.2) is 30.0 Å². The second kappa shape index (κ2) is 7.36. The molecule has 6 nitrogen and oxygen atoms in total. The molecular formula is C16H21N3O3. The fourth-order valence-corrected chi connectivity index (χ4v) is 1.63. The number of methoxy groups -OCH3 is 2. The topological polar surface area (TPSA) is 83.4 Å². The van der Waals surface area contributed by atoms with Crippen molar-refractivity contribution >= 4 is 11.6 Å². The van der Waals surface area contributed by atoms with Crippen molar-refractivity contribution < 1.29 is 14.3 Å². The molecule has 0 saturated heterocycles. The summed E-state index contributed by atoms with van der Waals surface area (Å²) in [7, 11) is 3.09. The average molecular weight is 303 g/mol. The van der Waals surface area contributed by atoms with Crippen LogP contribution in [0.4, 0.5) is 5.69 Å². The van der Waals surface area contributed by atoms with E-state index < -0.39 is 11.4 Å². The third kappa shape index (κ3) is 5.02. The summed E-state index contributed by atoms with van der Waals surface area (Å²) in [6, 6.07) is 7.08. The molecule has 22 heavy (non-hydrogen) atoms. The summed E-state index contributed by atoms with van der Waals surface area (Å²) >= 11 is 0. The first-order valence-corrected chi connectivity index (χ1v) is 6.72. The van der Waals surface area contributed by atoms with Gasteiger partial charge in [-0.3, -0.25) is 4.79 Å². The zero-order valence-corrected chi connectivity index (χ0v) is 13.5. The summed E-state index contributed by atoms with van der Waals surface area (Å²) in [6.45, 7) is 5.54. The minimum Gasteiger partial charge on any atom is -0.497 e. The molecule has 0 saturated carbocycles. The Labute approximate surface area is 130 Å². The number of nitrogens with one attached hydrogen (secondary N) is 2. The zero-order chi connectivity index (χ0) is 16.8. The Balaban J connectivity index is 2.98. The molecule has 118 valence electrons. The maximum Gasteiger partial charge on any atom is 0.263 e. The molecule has 0 atom stereocenters. The highest BCUT2D eigenvalue weighted by Gasteiger charge is 2.17. The van der Waals surface area contributed by atoms with Crippen molar-refractivity contribution in [3.05, 3.63) is 30.0 Å². The minimum absolute atomic E-state index is 0.0280. The van der Waals surface area contributed by atoms with Gasteiger partial charge in [-0.15, -0.1) is 0 Å². The van der Waals surface area contributed by atoms with Crippen molar-refractivity contribution in [2.45, 2.75) is 26.3 Å². The predicted octanol–water partition coefficient (Wildman–Crippen LogP) is 2.44. The van der Waals surface area contributed by atoms with Crippen molar-refractivity contribution in [3.63, 3.8) is 0 Å². The highest BCUT2D eigenvalue weighted by molar-refractivity contribution is 5.98. The van der Waals surface area contributed by atoms with Gasteiger partial charge in [0, 0.05) is 17.8 Å². The molecule has 0 bridgehead atoms. The van der Waals surface area contributed by atoms with Gasteiger partial charge in [0.1, 0.15) is 23.1 Å². The van der Waals surface area contributed by atoms with Gasteiger partial charge in [-0.05, 0) is 32.9 Å². The van der Waals surface area contributed by atoms with Crippen LogP contribution in [-0.2, 0) is 4.79 Å². The molecule has 0 aliphatic heterocycles. The van der Waals surface area contributed by atoms with Crippen LogP contribution in [0.1, 0.15) is 20.8 Å². The average Bonchev–Trinajstić information content (AvgIpc) is 2.45. The number of carbonyl (C=O) groups excluding carboxylic acids is 1. The second-order valence-electron chi connectivity index (χ2n) is 5.58. The Hall–Kier alpha value is -2.68. The number of anilines is 1. The molecule has 0 unspecified atom stereocenters. The third-order valence-corrected chi connectivity index (χ3v) is 2.63. The maximum absolute atomic E-state index is 12.0. The third-order valence-electron chi connectivity index (χ3n) is 2.63. The van der Waals surface area contributed by atoms with Crippen molar-refractivity contribution in [3.8, 4) is 17.6 Å². The standard InChI is InChI=1S/C16H21N3O3/c1-16(2,3)19-15(20)11(9-17)10-18-13-8-12(21-4)6-7-14(13)22-5/h6-8,10,18H,1-5H3,(H,19,20)/b11-10-. The van der Waals surface area contributed by atoms with Crippen LogP contribution in [0.5, 0.6) is 11.5 Å². The Morgan fingerprint density at radius 1 is 1.27 bits per heavy atom. The molecule has 0 fully saturated rings. The maximum atomic E-state index is 12.0. The van der Waals surface area contributed by atoms with Gasteiger partial charge in [0.2, 0.25) is 0 Å². The molecule has 0 aromatic heterocycles. The molecule has 1 amide bonds. The van der Waals surface area contributed by atoms with E-state index >= 15 is 0 Å². The van der Waals surface area contributed by atoms with Crippen LogP contribution >= 0.6 is 0 Å². The Bertz CT molecular complexity index is 610. The van der Waals surface area contributed by atoms with Crippen molar-refractivity contribution in [1.29, 1.82) is 5.26 Å². The monoisotopic (exact) mass is 303 g/mol. The van der Waals surface area contributed by atoms with Gasteiger partial charge in [0.05, 0.1) is 19.9 Å². The fraction of sp³-hybridized carbons (Fsp3) is 0.375. The predicted molar refractivity (Wildman–Crippen MR) is 84.8 cm³/mol. The van der Waals surface area contributed by atoms with Gasteiger partial charge in [-0.25, -0.2) is 0 Å². The van der Waals surface area contributed by atoms with Crippen molar-refractivity contribution in [2.24, 2.45) is 0 Å². The number of nitriles is 1. The number of carbonyl (C=O) groups is 1. The van der Waals surface area contributed by atoms with Crippen LogP contribution < -0.4 is 20.1 Å². The SMILES string of the molecule is COc1ccc(OC)c(N/C=C(/C#N)C(=O)NC(C)(C)C)c1. The smallest absolute Gasteiger partial charge is 0.263 e. The first-order chi connectivity index (χ1) is 10.3. The van der Waals surface area contributed by atoms with Crippen LogP contribution in [0.25, 0.3) is 0 Å². The summed E-state index contributed by atoms with van der Waals surface area (Å²) in [5.74, 6) is 0.768. The van der Waals surface area contributed by atoms with Gasteiger partial charge in [-0.1, -0.05) is 0 Å². The zero-order valence-electron chi connectivity index (χ0n) is 13.5. The van der Waals surface area contributed by atoms with E-state index in [1.165, 1.54) is 13.3 Å². The number of amides is 1. The van der Waals surface area contributed by atoms with Gasteiger partial charge in [0.25, 0.3) is 5.91 Å². The highest BCUT2D eigenvalue weighted by atomic mass is 16.5. The first kappa shape index (κ1) is 17.4. The molecule has 1 aromatic rings. The summed E-state index contributed by atoms with van der Waals surface area (Å²) in [5, 5.41) is 14.8. The van der Waals surface area contributed by atoms with Gasteiger partial charge < -0.3 is 20.1 Å². The lowest BCUT2D eigenvalue weighted by Gasteiger charge is -2.20. The Kier molecular flexibility index (Phi) is 5.81. The molecular weight excluding hydrogens is 282 g/mol. The molecule has 0 radical (unpaired) electrons. The van der Waals surface area contributed by atoms with Gasteiger partial charge in [0.15, 0.2) is 0 Å². The number of rotatable bonds is 5. The Morgan fingerprint density at radius 3 is 2.45 bits per heavy atom. The molecule has 6 heteroatoms. The molecule has 0 aliphatic carbocycles. The lowest BCUT2D eigenvalue weighted by atomic mass is 10.1. The minimum atomic E-state index is -0.440. The van der Waals surface area contributed by atoms with E-state index in [4.69, 9.17) is 14.7 Å². The second-order valence-corrected chi connectivity index (χ2v) is 5.58. The molecule has 0 aliphatic rings. The first-order valence-electron chi connectivity index (χ1n) is 6.72. The summed E-state index contributed by atoms with van der Waals surface area (Å²) in [4.78, 5) is 12.0. The number of hydrogen-bond acceptors (Lipinski definition) is 5. The summed E-state index contributed by atoms with van der Waals surface area (Å²) < 4.78 is 10.4.